The largest absolute Gasteiger partial charge is 0.383 e. The predicted molar refractivity (Wildman–Crippen MR) is 161 cm³/mol. The molecule has 12 heteroatoms. The van der Waals surface area contributed by atoms with Crippen molar-refractivity contribution in [1.82, 2.24) is 14.5 Å². The van der Waals surface area contributed by atoms with Gasteiger partial charge in [-0.05, 0) is 42.3 Å². The normalized spacial score (nSPS) is 23.6. The van der Waals surface area contributed by atoms with E-state index in [0.717, 1.165) is 27.9 Å². The first-order valence-corrected chi connectivity index (χ1v) is 14.4. The van der Waals surface area contributed by atoms with Gasteiger partial charge in [-0.15, -0.1) is 0 Å². The molecule has 2 aliphatic heterocycles. The molecule has 0 saturated carbocycles. The third-order valence-corrected chi connectivity index (χ3v) is 8.46. The summed E-state index contributed by atoms with van der Waals surface area (Å²) in [7, 11) is 0. The molecular weight excluding hydrogens is 610 g/mol. The minimum atomic E-state index is -1.49. The third-order valence-electron chi connectivity index (χ3n) is 7.28. The van der Waals surface area contributed by atoms with Crippen molar-refractivity contribution in [2.24, 2.45) is 0 Å². The number of halogens is 4. The predicted octanol–water partition coefficient (Wildman–Crippen LogP) is 6.93. The van der Waals surface area contributed by atoms with E-state index >= 15 is 0 Å². The van der Waals surface area contributed by atoms with Crippen LogP contribution in [-0.4, -0.2) is 50.6 Å². The van der Waals surface area contributed by atoms with Crippen molar-refractivity contribution in [3.8, 4) is 0 Å². The second-order valence-electron chi connectivity index (χ2n) is 10.2. The van der Waals surface area contributed by atoms with Crippen LogP contribution in [0.3, 0.4) is 0 Å². The van der Waals surface area contributed by atoms with Gasteiger partial charge in [-0.2, -0.15) is 0 Å². The molecule has 6 rings (SSSR count). The number of aromatic nitrogens is 3. The highest BCUT2D eigenvalue weighted by Gasteiger charge is 2.55. The molecule has 4 aromatic rings. The van der Waals surface area contributed by atoms with Crippen molar-refractivity contribution >= 4 is 69.3 Å². The van der Waals surface area contributed by atoms with E-state index in [-0.39, 0.29) is 19.8 Å². The number of anilines is 1. The maximum absolute atomic E-state index is 12.0. The van der Waals surface area contributed by atoms with E-state index in [9.17, 15) is 5.11 Å². The van der Waals surface area contributed by atoms with Crippen LogP contribution in [0.4, 0.5) is 5.82 Å². The number of hydrogen-bond donors (Lipinski definition) is 2. The summed E-state index contributed by atoms with van der Waals surface area (Å²) in [6.07, 6.45) is 5.15. The van der Waals surface area contributed by atoms with Gasteiger partial charge in [0.05, 0.1) is 25.2 Å². The lowest BCUT2D eigenvalue weighted by molar-refractivity contribution is -0.114. The number of ether oxygens (including phenoxy) is 3. The molecule has 0 amide bonds. The Hall–Kier alpha value is -2.40. The van der Waals surface area contributed by atoms with Crippen molar-refractivity contribution < 1.29 is 19.3 Å². The number of benzene rings is 2. The van der Waals surface area contributed by atoms with E-state index in [1.54, 1.807) is 37.3 Å². The smallest absolute Gasteiger partial charge is 0.167 e. The summed E-state index contributed by atoms with van der Waals surface area (Å²) in [5.74, 6) is 0.719. The summed E-state index contributed by atoms with van der Waals surface area (Å²) in [5, 5.41) is 18.2. The minimum absolute atomic E-state index is 0.123. The van der Waals surface area contributed by atoms with Gasteiger partial charge in [0.1, 0.15) is 35.6 Å². The van der Waals surface area contributed by atoms with Gasteiger partial charge in [0.15, 0.2) is 6.23 Å². The van der Waals surface area contributed by atoms with Crippen molar-refractivity contribution in [3.63, 3.8) is 0 Å². The Kier molecular flexibility index (Phi) is 8.19. The summed E-state index contributed by atoms with van der Waals surface area (Å²) in [6, 6.07) is 10.4. The average Bonchev–Trinajstić information content (AvgIpc) is 3.31. The van der Waals surface area contributed by atoms with Gasteiger partial charge in [0.2, 0.25) is 0 Å². The Morgan fingerprint density at radius 1 is 1.05 bits per heavy atom. The van der Waals surface area contributed by atoms with Crippen LogP contribution in [-0.2, 0) is 27.4 Å². The molecular formula is C29H26Cl4N4O4. The summed E-state index contributed by atoms with van der Waals surface area (Å²) < 4.78 is 20.7. The Morgan fingerprint density at radius 3 is 2.46 bits per heavy atom. The highest BCUT2D eigenvalue weighted by atomic mass is 35.5. The molecule has 2 aromatic carbocycles. The number of nitrogens with zero attached hydrogens (tertiary/aromatic N) is 3. The SMILES string of the molecule is C[C@@]1(O)[C@H](OCc2ccc(Cl)cc2Cl)[C@@H](COCc2ccc(Cl)cc2Cl)O[C@H]1n1cc2c3c(ncnc31)NCC=C2. The molecule has 41 heavy (non-hydrogen) atoms. The van der Waals surface area contributed by atoms with Crippen molar-refractivity contribution in [2.75, 3.05) is 18.5 Å². The van der Waals surface area contributed by atoms with Crippen LogP contribution in [0.5, 0.6) is 0 Å². The maximum Gasteiger partial charge on any atom is 0.167 e. The summed E-state index contributed by atoms with van der Waals surface area (Å²) in [6.45, 7) is 2.82. The zero-order valence-electron chi connectivity index (χ0n) is 21.9. The number of aliphatic hydroxyl groups is 1. The van der Waals surface area contributed by atoms with E-state index < -0.39 is 24.0 Å². The fourth-order valence-corrected chi connectivity index (χ4v) is 6.20. The number of rotatable bonds is 8. The Labute approximate surface area is 256 Å². The van der Waals surface area contributed by atoms with Gasteiger partial charge in [-0.1, -0.05) is 70.7 Å². The highest BCUT2D eigenvalue weighted by molar-refractivity contribution is 6.35. The van der Waals surface area contributed by atoms with Crippen LogP contribution >= 0.6 is 46.4 Å². The molecule has 0 spiro atoms. The molecule has 2 aliphatic rings. The second kappa shape index (κ2) is 11.7. The van der Waals surface area contributed by atoms with Crippen LogP contribution in [0.25, 0.3) is 17.1 Å². The Bertz CT molecular complexity index is 1630. The van der Waals surface area contributed by atoms with Crippen molar-refractivity contribution in [3.05, 3.63) is 91.8 Å². The van der Waals surface area contributed by atoms with E-state index in [1.165, 1.54) is 6.33 Å². The Morgan fingerprint density at radius 2 is 1.76 bits per heavy atom. The third kappa shape index (κ3) is 5.68. The van der Waals surface area contributed by atoms with Crippen LogP contribution in [0, 0.1) is 0 Å². The lowest BCUT2D eigenvalue weighted by Gasteiger charge is -2.31. The molecule has 2 N–H and O–H groups in total. The van der Waals surface area contributed by atoms with Crippen molar-refractivity contribution in [1.29, 1.82) is 0 Å². The number of hydrogen-bond acceptors (Lipinski definition) is 7. The second-order valence-corrected chi connectivity index (χ2v) is 11.9. The minimum Gasteiger partial charge on any atom is -0.383 e. The molecule has 4 atom stereocenters. The molecule has 1 fully saturated rings. The van der Waals surface area contributed by atoms with Crippen LogP contribution in [0.15, 0.2) is 55.0 Å². The molecule has 0 radical (unpaired) electrons. The fraction of sp³-hybridized carbons (Fsp3) is 0.310. The first kappa shape index (κ1) is 28.7. The molecule has 2 aromatic heterocycles. The van der Waals surface area contributed by atoms with Gasteiger partial charge in [-0.3, -0.25) is 0 Å². The van der Waals surface area contributed by atoms with E-state index in [4.69, 9.17) is 60.6 Å². The molecule has 0 bridgehead atoms. The zero-order chi connectivity index (χ0) is 28.7. The Balaban J connectivity index is 1.30. The standard InChI is InChI=1S/C29H26Cl4N4O4/c1-29(38)25(40-13-18-5-7-20(31)10-22(18)33)23(14-39-12-17-4-6-19(30)9-21(17)32)41-28(29)37-11-16-3-2-8-34-26-24(16)27(37)36-15-35-26/h2-7,9-11,15,23,25,28,38H,8,12-14H2,1H3,(H,34,35,36)/t23-,25-,28-,29-/m1/s1. The van der Waals surface area contributed by atoms with Crippen LogP contribution < -0.4 is 5.32 Å². The first-order chi connectivity index (χ1) is 19.7. The van der Waals surface area contributed by atoms with Gasteiger partial charge < -0.3 is 29.2 Å². The lowest BCUT2D eigenvalue weighted by Crippen LogP contribution is -2.46. The monoisotopic (exact) mass is 634 g/mol. The molecule has 1 saturated heterocycles. The molecule has 8 nitrogen and oxygen atoms in total. The summed E-state index contributed by atoms with van der Waals surface area (Å²) in [4.78, 5) is 8.94. The number of nitrogens with one attached hydrogen (secondary N) is 1. The molecule has 4 heterocycles. The van der Waals surface area contributed by atoms with Crippen LogP contribution in [0.2, 0.25) is 20.1 Å². The van der Waals surface area contributed by atoms with Crippen LogP contribution in [0.1, 0.15) is 29.8 Å². The molecule has 0 aliphatic carbocycles. The van der Waals surface area contributed by atoms with Crippen molar-refractivity contribution in [2.45, 2.75) is 44.2 Å². The van der Waals surface area contributed by atoms with Gasteiger partial charge in [-0.25, -0.2) is 9.97 Å². The van der Waals surface area contributed by atoms with E-state index in [1.807, 2.05) is 29.0 Å². The summed E-state index contributed by atoms with van der Waals surface area (Å²) >= 11 is 24.9. The average molecular weight is 636 g/mol. The maximum atomic E-state index is 12.0. The van der Waals surface area contributed by atoms with Gasteiger partial charge in [0, 0.05) is 38.4 Å². The fourth-order valence-electron chi connectivity index (χ4n) is 5.28. The van der Waals surface area contributed by atoms with Gasteiger partial charge in [0.25, 0.3) is 0 Å². The van der Waals surface area contributed by atoms with E-state index in [0.29, 0.717) is 32.3 Å². The zero-order valence-corrected chi connectivity index (χ0v) is 24.9. The first-order valence-electron chi connectivity index (χ1n) is 12.9. The molecule has 214 valence electrons. The quantitative estimate of drug-likeness (QED) is 0.217. The topological polar surface area (TPSA) is 90.7 Å². The molecule has 0 unspecified atom stereocenters. The van der Waals surface area contributed by atoms with E-state index in [2.05, 4.69) is 15.3 Å². The van der Waals surface area contributed by atoms with Gasteiger partial charge >= 0.3 is 0 Å². The highest BCUT2D eigenvalue weighted by Crippen LogP contribution is 2.43. The lowest BCUT2D eigenvalue weighted by atomic mass is 9.96. The summed E-state index contributed by atoms with van der Waals surface area (Å²) in [5.41, 5.74) is 1.57.